The molecule has 0 aliphatic heterocycles. The van der Waals surface area contributed by atoms with Crippen molar-refractivity contribution >= 4 is 27.3 Å². The van der Waals surface area contributed by atoms with Gasteiger partial charge in [0.25, 0.3) is 0 Å². The second-order valence-corrected chi connectivity index (χ2v) is 6.37. The standard InChI is InChI=1S/C13H17ClN2O2S/c1-4-6-11(5-2)16-19(17,18)13-8-10(14)7-12(15)9(13)3/h1,7-8,11,16H,5-6,15H2,2-3H3. The molecule has 104 valence electrons. The van der Waals surface area contributed by atoms with Crippen LogP contribution in [-0.2, 0) is 10.0 Å². The molecule has 0 bridgehead atoms. The molecule has 0 heterocycles. The maximum absolute atomic E-state index is 12.3. The second kappa shape index (κ2) is 6.29. The van der Waals surface area contributed by atoms with E-state index in [1.807, 2.05) is 6.92 Å². The average molecular weight is 301 g/mol. The Labute approximate surface area is 119 Å². The minimum absolute atomic E-state index is 0.0907. The van der Waals surface area contributed by atoms with Crippen LogP contribution in [0.3, 0.4) is 0 Å². The van der Waals surface area contributed by atoms with Gasteiger partial charge in [-0.25, -0.2) is 13.1 Å². The SMILES string of the molecule is C#CCC(CC)NS(=O)(=O)c1cc(Cl)cc(N)c1C. The fourth-order valence-corrected chi connectivity index (χ4v) is 3.56. The topological polar surface area (TPSA) is 72.2 Å². The van der Waals surface area contributed by atoms with Crippen molar-refractivity contribution in [3.05, 3.63) is 22.7 Å². The molecule has 19 heavy (non-hydrogen) atoms. The van der Waals surface area contributed by atoms with Crippen LogP contribution < -0.4 is 10.5 Å². The molecule has 0 amide bonds. The Bertz CT molecular complexity index is 606. The lowest BCUT2D eigenvalue weighted by Crippen LogP contribution is -2.34. The number of terminal acetylenes is 1. The summed E-state index contributed by atoms with van der Waals surface area (Å²) in [5, 5.41) is 0.286. The molecule has 0 fully saturated rings. The zero-order valence-electron chi connectivity index (χ0n) is 10.9. The Balaban J connectivity index is 3.18. The fraction of sp³-hybridized carbons (Fsp3) is 0.385. The summed E-state index contributed by atoms with van der Waals surface area (Å²) < 4.78 is 27.2. The number of hydrogen-bond donors (Lipinski definition) is 2. The second-order valence-electron chi connectivity index (χ2n) is 4.25. The predicted octanol–water partition coefficient (Wildman–Crippen LogP) is 2.31. The van der Waals surface area contributed by atoms with Gasteiger partial charge >= 0.3 is 0 Å². The zero-order chi connectivity index (χ0) is 14.6. The van der Waals surface area contributed by atoms with Crippen LogP contribution >= 0.6 is 11.6 Å². The van der Waals surface area contributed by atoms with Gasteiger partial charge in [0, 0.05) is 23.2 Å². The van der Waals surface area contributed by atoms with Gasteiger partial charge in [-0.15, -0.1) is 12.3 Å². The Morgan fingerprint density at radius 1 is 1.53 bits per heavy atom. The van der Waals surface area contributed by atoms with E-state index in [2.05, 4.69) is 10.6 Å². The molecule has 3 N–H and O–H groups in total. The molecule has 1 aromatic rings. The molecule has 0 radical (unpaired) electrons. The summed E-state index contributed by atoms with van der Waals surface area (Å²) in [7, 11) is -3.68. The lowest BCUT2D eigenvalue weighted by atomic mass is 10.2. The maximum Gasteiger partial charge on any atom is 0.241 e. The van der Waals surface area contributed by atoms with Crippen LogP contribution in [0.4, 0.5) is 5.69 Å². The van der Waals surface area contributed by atoms with Gasteiger partial charge in [0.15, 0.2) is 0 Å². The number of sulfonamides is 1. The van der Waals surface area contributed by atoms with E-state index in [0.717, 1.165) is 0 Å². The van der Waals surface area contributed by atoms with Crippen molar-refractivity contribution in [2.75, 3.05) is 5.73 Å². The van der Waals surface area contributed by atoms with Crippen molar-refractivity contribution in [2.45, 2.75) is 37.6 Å². The van der Waals surface area contributed by atoms with Crippen molar-refractivity contribution in [1.82, 2.24) is 4.72 Å². The highest BCUT2D eigenvalue weighted by molar-refractivity contribution is 7.89. The molecular formula is C13H17ClN2O2S. The van der Waals surface area contributed by atoms with Gasteiger partial charge in [-0.1, -0.05) is 18.5 Å². The summed E-state index contributed by atoms with van der Waals surface area (Å²) >= 11 is 5.86. The fourth-order valence-electron chi connectivity index (χ4n) is 1.65. The number of anilines is 1. The van der Waals surface area contributed by atoms with E-state index in [4.69, 9.17) is 23.8 Å². The van der Waals surface area contributed by atoms with Crippen LogP contribution in [0.5, 0.6) is 0 Å². The van der Waals surface area contributed by atoms with E-state index in [-0.39, 0.29) is 16.0 Å². The number of nitrogens with two attached hydrogens (primary N) is 1. The van der Waals surface area contributed by atoms with Gasteiger partial charge in [0.1, 0.15) is 0 Å². The van der Waals surface area contributed by atoms with Gasteiger partial charge in [-0.05, 0) is 31.0 Å². The summed E-state index contributed by atoms with van der Waals surface area (Å²) in [5.41, 5.74) is 6.56. The third-order valence-corrected chi connectivity index (χ3v) is 4.70. The smallest absolute Gasteiger partial charge is 0.241 e. The molecule has 4 nitrogen and oxygen atoms in total. The lowest BCUT2D eigenvalue weighted by Gasteiger charge is -2.16. The van der Waals surface area contributed by atoms with E-state index in [9.17, 15) is 8.42 Å². The van der Waals surface area contributed by atoms with Crippen LogP contribution in [0.25, 0.3) is 0 Å². The molecule has 0 aromatic heterocycles. The van der Waals surface area contributed by atoms with Crippen molar-refractivity contribution in [3.8, 4) is 12.3 Å². The van der Waals surface area contributed by atoms with Gasteiger partial charge in [0.2, 0.25) is 10.0 Å². The van der Waals surface area contributed by atoms with Crippen molar-refractivity contribution < 1.29 is 8.42 Å². The van der Waals surface area contributed by atoms with Crippen molar-refractivity contribution in [2.24, 2.45) is 0 Å². The number of nitrogen functional groups attached to an aromatic ring is 1. The van der Waals surface area contributed by atoms with Crippen LogP contribution in [-0.4, -0.2) is 14.5 Å². The molecule has 0 saturated heterocycles. The largest absolute Gasteiger partial charge is 0.398 e. The molecule has 1 atom stereocenters. The number of hydrogen-bond acceptors (Lipinski definition) is 3. The van der Waals surface area contributed by atoms with E-state index in [1.54, 1.807) is 6.92 Å². The molecule has 0 aliphatic rings. The van der Waals surface area contributed by atoms with Crippen LogP contribution in [0.1, 0.15) is 25.3 Å². The molecule has 6 heteroatoms. The highest BCUT2D eigenvalue weighted by Gasteiger charge is 2.22. The normalized spacial score (nSPS) is 12.9. The molecule has 0 saturated carbocycles. The lowest BCUT2D eigenvalue weighted by molar-refractivity contribution is 0.543. The van der Waals surface area contributed by atoms with Crippen LogP contribution in [0, 0.1) is 19.3 Å². The third kappa shape index (κ3) is 3.87. The first-order valence-electron chi connectivity index (χ1n) is 5.83. The van der Waals surface area contributed by atoms with E-state index < -0.39 is 10.0 Å². The predicted molar refractivity (Wildman–Crippen MR) is 78.5 cm³/mol. The average Bonchev–Trinajstić information content (AvgIpc) is 2.32. The van der Waals surface area contributed by atoms with E-state index >= 15 is 0 Å². The monoisotopic (exact) mass is 300 g/mol. The maximum atomic E-state index is 12.3. The number of benzene rings is 1. The van der Waals surface area contributed by atoms with E-state index in [0.29, 0.717) is 24.1 Å². The third-order valence-electron chi connectivity index (χ3n) is 2.83. The Hall–Kier alpha value is -1.22. The summed E-state index contributed by atoms with van der Waals surface area (Å²) in [6.07, 6.45) is 6.16. The number of halogens is 1. The van der Waals surface area contributed by atoms with Crippen LogP contribution in [0.15, 0.2) is 17.0 Å². The van der Waals surface area contributed by atoms with Crippen molar-refractivity contribution in [1.29, 1.82) is 0 Å². The Kier molecular flexibility index (Phi) is 5.24. The molecule has 1 rings (SSSR count). The van der Waals surface area contributed by atoms with E-state index in [1.165, 1.54) is 12.1 Å². The number of rotatable bonds is 5. The van der Waals surface area contributed by atoms with Crippen molar-refractivity contribution in [3.63, 3.8) is 0 Å². The molecule has 1 aromatic carbocycles. The summed E-state index contributed by atoms with van der Waals surface area (Å²) in [6, 6.07) is 2.61. The first-order chi connectivity index (χ1) is 8.81. The molecule has 0 spiro atoms. The first kappa shape index (κ1) is 15.8. The Morgan fingerprint density at radius 3 is 2.68 bits per heavy atom. The quantitative estimate of drug-likeness (QED) is 0.647. The van der Waals surface area contributed by atoms with Crippen LogP contribution in [0.2, 0.25) is 5.02 Å². The number of nitrogens with one attached hydrogen (secondary N) is 1. The molecule has 1 unspecified atom stereocenters. The summed E-state index contributed by atoms with van der Waals surface area (Å²) in [6.45, 7) is 3.51. The molecular weight excluding hydrogens is 284 g/mol. The summed E-state index contributed by atoms with van der Waals surface area (Å²) in [4.78, 5) is 0.0907. The van der Waals surface area contributed by atoms with Gasteiger partial charge in [-0.2, -0.15) is 0 Å². The highest BCUT2D eigenvalue weighted by atomic mass is 35.5. The van der Waals surface area contributed by atoms with Gasteiger partial charge in [0.05, 0.1) is 4.90 Å². The zero-order valence-corrected chi connectivity index (χ0v) is 12.5. The van der Waals surface area contributed by atoms with Gasteiger partial charge in [-0.3, -0.25) is 0 Å². The Morgan fingerprint density at radius 2 is 2.16 bits per heavy atom. The van der Waals surface area contributed by atoms with Gasteiger partial charge < -0.3 is 5.73 Å². The molecule has 0 aliphatic carbocycles. The minimum atomic E-state index is -3.68. The minimum Gasteiger partial charge on any atom is -0.398 e. The highest BCUT2D eigenvalue weighted by Crippen LogP contribution is 2.26. The summed E-state index contributed by atoms with van der Waals surface area (Å²) in [5.74, 6) is 2.45. The first-order valence-corrected chi connectivity index (χ1v) is 7.69.